The molecule has 0 aliphatic heterocycles. The van der Waals surface area contributed by atoms with Crippen LogP contribution in [0.1, 0.15) is 109 Å². The van der Waals surface area contributed by atoms with E-state index in [0.29, 0.717) is 19.4 Å². The van der Waals surface area contributed by atoms with E-state index in [1.807, 2.05) is 33.2 Å². The lowest BCUT2D eigenvalue weighted by Gasteiger charge is -2.19. The number of phosphoric acid groups is 1. The lowest BCUT2D eigenvalue weighted by molar-refractivity contribution is -0.858. The second-order valence-corrected chi connectivity index (χ2v) is 12.5. The Balaban J connectivity index is 2.28. The first-order valence-electron chi connectivity index (χ1n) is 15.4. The first-order valence-corrected chi connectivity index (χ1v) is 16.9. The number of ether oxygens (including phenoxy) is 1. The largest absolute Gasteiger partial charge is 0.494 e. The van der Waals surface area contributed by atoms with Crippen LogP contribution in [0, 0.1) is 5.92 Å². The van der Waals surface area contributed by atoms with Crippen LogP contribution in [-0.4, -0.2) is 51.1 Å². The number of aryl methyl sites for hydroxylation is 1. The summed E-state index contributed by atoms with van der Waals surface area (Å²) in [5.74, 6) is 0.936. The molecule has 0 aromatic heterocycles. The topological polar surface area (TPSA) is 86.5 Å². The number of nitrogens with one attached hydrogen (secondary N) is 1. The highest BCUT2D eigenvalue weighted by molar-refractivity contribution is 7.47. The summed E-state index contributed by atoms with van der Waals surface area (Å²) in [6.07, 6.45) is 16.5. The fraction of sp³-hybridized carbons (Fsp3) is 0.774. The maximum Gasteiger partial charge on any atom is 0.472 e. The van der Waals surface area contributed by atoms with E-state index >= 15 is 0 Å². The van der Waals surface area contributed by atoms with Gasteiger partial charge in [-0.1, -0.05) is 83.8 Å². The number of unbranched alkanes of at least 4 members (excludes halogenated alkanes) is 9. The van der Waals surface area contributed by atoms with Crippen LogP contribution in [0.25, 0.3) is 0 Å². The molecule has 2 unspecified atom stereocenters. The predicted molar refractivity (Wildman–Crippen MR) is 160 cm³/mol. The van der Waals surface area contributed by atoms with Gasteiger partial charge in [0.25, 0.3) is 0 Å². The fourth-order valence-corrected chi connectivity index (χ4v) is 5.24. The van der Waals surface area contributed by atoms with Gasteiger partial charge in [-0.05, 0) is 49.3 Å². The van der Waals surface area contributed by atoms with Gasteiger partial charge in [0.1, 0.15) is 24.7 Å². The molecule has 0 saturated carbocycles. The Morgan fingerprint density at radius 1 is 0.872 bits per heavy atom. The molecule has 0 heterocycles. The van der Waals surface area contributed by atoms with Gasteiger partial charge >= 0.3 is 7.82 Å². The normalized spacial score (nSPS) is 13.9. The van der Waals surface area contributed by atoms with Crippen molar-refractivity contribution in [3.63, 3.8) is 0 Å². The van der Waals surface area contributed by atoms with Crippen molar-refractivity contribution in [2.24, 2.45) is 5.92 Å². The summed E-state index contributed by atoms with van der Waals surface area (Å²) < 4.78 is 28.4. The maximum absolute atomic E-state index is 12.2. The molecule has 0 amide bonds. The summed E-state index contributed by atoms with van der Waals surface area (Å²) >= 11 is 0. The van der Waals surface area contributed by atoms with E-state index in [4.69, 9.17) is 13.8 Å². The van der Waals surface area contributed by atoms with Crippen LogP contribution in [-0.2, 0) is 24.8 Å². The second kappa shape index (κ2) is 22.4. The zero-order valence-electron chi connectivity index (χ0n) is 25.3. The van der Waals surface area contributed by atoms with Crippen LogP contribution in [0.3, 0.4) is 0 Å². The number of benzene rings is 1. The molecule has 8 heteroatoms. The summed E-state index contributed by atoms with van der Waals surface area (Å²) in [5, 5.41) is 0. The van der Waals surface area contributed by atoms with Crippen LogP contribution in [0.2, 0.25) is 0 Å². The zero-order chi connectivity index (χ0) is 28.8. The first-order chi connectivity index (χ1) is 18.8. The van der Waals surface area contributed by atoms with E-state index in [1.165, 1.54) is 63.4 Å². The zero-order valence-corrected chi connectivity index (χ0v) is 26.2. The highest BCUT2D eigenvalue weighted by Gasteiger charge is 2.24. The van der Waals surface area contributed by atoms with E-state index in [1.54, 1.807) is 0 Å². The van der Waals surface area contributed by atoms with Gasteiger partial charge in [-0.3, -0.25) is 13.8 Å². The van der Waals surface area contributed by atoms with Crippen molar-refractivity contribution in [1.82, 2.24) is 0 Å². The van der Waals surface area contributed by atoms with Crippen molar-refractivity contribution < 1.29 is 32.9 Å². The molecule has 226 valence electrons. The molecule has 0 fully saturated rings. The van der Waals surface area contributed by atoms with Crippen LogP contribution in [0.4, 0.5) is 0 Å². The molecule has 1 aromatic rings. The molecule has 0 radical (unpaired) electrons. The molecule has 0 aliphatic carbocycles. The number of likely N-dealkylation sites (N-methyl/N-ethyl adjacent to an activating group) is 1. The van der Waals surface area contributed by atoms with Gasteiger partial charge in [0.05, 0.1) is 27.3 Å². The maximum atomic E-state index is 12.2. The first kappa shape index (κ1) is 35.8. The SMILES string of the molecule is CCCCCCCCCCCCOc1ccc(CCCC(COP(=O)(O)OCC[NH+](C)C)CC(=O)CC)cc1. The van der Waals surface area contributed by atoms with Gasteiger partial charge in [-0.2, -0.15) is 0 Å². The number of hydrogen-bond donors (Lipinski definition) is 2. The average Bonchev–Trinajstić information content (AvgIpc) is 2.90. The molecule has 0 bridgehead atoms. The Bertz CT molecular complexity index is 786. The summed E-state index contributed by atoms with van der Waals surface area (Å²) in [6, 6.07) is 8.25. The van der Waals surface area contributed by atoms with E-state index in [0.717, 1.165) is 42.9 Å². The highest BCUT2D eigenvalue weighted by Crippen LogP contribution is 2.43. The lowest BCUT2D eigenvalue weighted by atomic mass is 9.95. The summed E-state index contributed by atoms with van der Waals surface area (Å²) in [5.41, 5.74) is 1.21. The van der Waals surface area contributed by atoms with Crippen molar-refractivity contribution in [1.29, 1.82) is 0 Å². The van der Waals surface area contributed by atoms with Crippen molar-refractivity contribution in [3.05, 3.63) is 29.8 Å². The number of hydrogen-bond acceptors (Lipinski definition) is 5. The monoisotopic (exact) mass is 570 g/mol. The standard InChI is InChI=1S/C31H56NO6P/c1-5-7-8-9-10-11-12-13-14-15-24-36-31-21-19-28(20-22-31)17-16-18-29(26-30(33)6-2)27-38-39(34,35)37-25-23-32(3)4/h19-22,29H,5-18,23-27H2,1-4H3,(H,34,35)/p+1. The summed E-state index contributed by atoms with van der Waals surface area (Å²) in [6.45, 7) is 5.65. The number of Topliss-reactive ketones (excluding diaryl/α,β-unsaturated/α-hetero) is 1. The third kappa shape index (κ3) is 20.3. The van der Waals surface area contributed by atoms with E-state index < -0.39 is 7.82 Å². The van der Waals surface area contributed by atoms with Crippen molar-refractivity contribution >= 4 is 13.6 Å². The molecule has 0 aliphatic rings. The third-order valence-corrected chi connectivity index (χ3v) is 7.99. The Hall–Kier alpha value is -1.24. The smallest absolute Gasteiger partial charge is 0.472 e. The number of rotatable bonds is 26. The Morgan fingerprint density at radius 3 is 2.08 bits per heavy atom. The predicted octanol–water partition coefficient (Wildman–Crippen LogP) is 6.57. The quantitative estimate of drug-likeness (QED) is 0.0968. The van der Waals surface area contributed by atoms with Crippen LogP contribution >= 0.6 is 7.82 Å². The van der Waals surface area contributed by atoms with Gasteiger partial charge in [0, 0.05) is 12.8 Å². The number of carbonyl (C=O) groups excluding carboxylic acids is 1. The molecule has 0 saturated heterocycles. The fourth-order valence-electron chi connectivity index (χ4n) is 4.44. The molecular formula is C31H57NO6P+. The molecule has 2 N–H and O–H groups in total. The number of phosphoric ester groups is 1. The molecule has 2 atom stereocenters. The molecule has 39 heavy (non-hydrogen) atoms. The van der Waals surface area contributed by atoms with Gasteiger partial charge in [-0.15, -0.1) is 0 Å². The van der Waals surface area contributed by atoms with Crippen molar-refractivity contribution in [2.75, 3.05) is 40.5 Å². The van der Waals surface area contributed by atoms with Gasteiger partial charge in [0.15, 0.2) is 0 Å². The molecule has 1 rings (SSSR count). The van der Waals surface area contributed by atoms with Gasteiger partial charge < -0.3 is 14.5 Å². The number of quaternary nitrogens is 1. The minimum absolute atomic E-state index is 0.0417. The van der Waals surface area contributed by atoms with Crippen LogP contribution in [0.15, 0.2) is 24.3 Å². The number of ketones is 1. The van der Waals surface area contributed by atoms with Crippen molar-refractivity contribution in [2.45, 2.75) is 110 Å². The minimum atomic E-state index is -4.11. The highest BCUT2D eigenvalue weighted by atomic mass is 31.2. The van der Waals surface area contributed by atoms with E-state index in [-0.39, 0.29) is 24.9 Å². The van der Waals surface area contributed by atoms with Crippen LogP contribution in [0.5, 0.6) is 5.75 Å². The molecule has 0 spiro atoms. The van der Waals surface area contributed by atoms with E-state index in [9.17, 15) is 14.3 Å². The van der Waals surface area contributed by atoms with Crippen LogP contribution < -0.4 is 9.64 Å². The minimum Gasteiger partial charge on any atom is -0.494 e. The van der Waals surface area contributed by atoms with Crippen molar-refractivity contribution in [3.8, 4) is 5.75 Å². The molecular weight excluding hydrogens is 513 g/mol. The molecule has 1 aromatic carbocycles. The lowest BCUT2D eigenvalue weighted by Crippen LogP contribution is -3.06. The Labute approximate surface area is 238 Å². The number of carbonyl (C=O) groups is 1. The Kier molecular flexibility index (Phi) is 20.6. The summed E-state index contributed by atoms with van der Waals surface area (Å²) in [7, 11) is -0.227. The van der Waals surface area contributed by atoms with E-state index in [2.05, 4.69) is 19.1 Å². The second-order valence-electron chi connectivity index (χ2n) is 11.1. The third-order valence-electron chi connectivity index (χ3n) is 7.01. The molecule has 7 nitrogen and oxygen atoms in total. The van der Waals surface area contributed by atoms with Gasteiger partial charge in [0.2, 0.25) is 0 Å². The Morgan fingerprint density at radius 2 is 1.49 bits per heavy atom. The van der Waals surface area contributed by atoms with Gasteiger partial charge in [-0.25, -0.2) is 4.57 Å². The average molecular weight is 571 g/mol. The summed E-state index contributed by atoms with van der Waals surface area (Å²) in [4.78, 5) is 23.1.